The Bertz CT molecular complexity index is 583. The van der Waals surface area contributed by atoms with E-state index in [2.05, 4.69) is 0 Å². The van der Waals surface area contributed by atoms with E-state index in [0.29, 0.717) is 12.8 Å². The number of aliphatic hydroxyl groups excluding tert-OH is 1. The van der Waals surface area contributed by atoms with Gasteiger partial charge in [0, 0.05) is 5.92 Å². The van der Waals surface area contributed by atoms with Gasteiger partial charge in [-0.25, -0.2) is 0 Å². The fourth-order valence-corrected chi connectivity index (χ4v) is 3.62. The van der Waals surface area contributed by atoms with Gasteiger partial charge in [0.05, 0.1) is 31.2 Å². The Labute approximate surface area is 143 Å². The van der Waals surface area contributed by atoms with Crippen LogP contribution in [-0.4, -0.2) is 36.4 Å². The average Bonchev–Trinajstić information content (AvgIpc) is 2.55. The third-order valence-electron chi connectivity index (χ3n) is 4.70. The van der Waals surface area contributed by atoms with Crippen LogP contribution < -0.4 is 0 Å². The van der Waals surface area contributed by atoms with Crippen LogP contribution in [0.5, 0.6) is 0 Å². The molecule has 1 aromatic rings. The Balaban J connectivity index is 2.44. The van der Waals surface area contributed by atoms with E-state index in [1.54, 1.807) is 13.8 Å². The summed E-state index contributed by atoms with van der Waals surface area (Å²) in [5, 5.41) is 10.6. The molecule has 2 rings (SSSR count). The van der Waals surface area contributed by atoms with Crippen LogP contribution in [0.1, 0.15) is 43.7 Å². The maximum atomic E-state index is 12.6. The lowest BCUT2D eigenvalue weighted by Gasteiger charge is -2.39. The van der Waals surface area contributed by atoms with E-state index in [9.17, 15) is 14.7 Å². The SMILES string of the molecule is CCOC(=O)[C@@H]1[C@H](c2ccccc2C)[C@@H](O)CC[C@@H]1C(=O)OCC. The van der Waals surface area contributed by atoms with Crippen molar-refractivity contribution in [1.82, 2.24) is 0 Å². The highest BCUT2D eigenvalue weighted by molar-refractivity contribution is 5.83. The zero-order valence-electron chi connectivity index (χ0n) is 14.5. The van der Waals surface area contributed by atoms with Gasteiger partial charge in [-0.15, -0.1) is 0 Å². The molecule has 0 saturated heterocycles. The molecule has 0 aliphatic heterocycles. The molecule has 0 amide bonds. The largest absolute Gasteiger partial charge is 0.466 e. The molecule has 1 aromatic carbocycles. The minimum Gasteiger partial charge on any atom is -0.466 e. The fourth-order valence-electron chi connectivity index (χ4n) is 3.62. The van der Waals surface area contributed by atoms with E-state index in [0.717, 1.165) is 11.1 Å². The molecule has 1 aliphatic carbocycles. The highest BCUT2D eigenvalue weighted by Gasteiger charge is 2.48. The molecule has 0 radical (unpaired) electrons. The zero-order chi connectivity index (χ0) is 17.7. The first-order valence-electron chi connectivity index (χ1n) is 8.58. The Morgan fingerprint density at radius 2 is 1.71 bits per heavy atom. The van der Waals surface area contributed by atoms with E-state index in [1.807, 2.05) is 31.2 Å². The first kappa shape index (κ1) is 18.5. The predicted octanol–water partition coefficient (Wildman–Crippen LogP) is 2.59. The Hall–Kier alpha value is -1.88. The van der Waals surface area contributed by atoms with Gasteiger partial charge in [-0.2, -0.15) is 0 Å². The molecule has 0 bridgehead atoms. The molecule has 1 saturated carbocycles. The van der Waals surface area contributed by atoms with Crippen molar-refractivity contribution >= 4 is 11.9 Å². The topological polar surface area (TPSA) is 72.8 Å². The van der Waals surface area contributed by atoms with Crippen LogP contribution in [0, 0.1) is 18.8 Å². The normalized spacial score (nSPS) is 26.7. The van der Waals surface area contributed by atoms with Gasteiger partial charge in [0.2, 0.25) is 0 Å². The zero-order valence-corrected chi connectivity index (χ0v) is 14.5. The van der Waals surface area contributed by atoms with Gasteiger partial charge in [-0.05, 0) is 44.7 Å². The van der Waals surface area contributed by atoms with Gasteiger partial charge in [0.15, 0.2) is 0 Å². The molecular formula is C19H26O5. The second-order valence-electron chi connectivity index (χ2n) is 6.16. The van der Waals surface area contributed by atoms with E-state index in [4.69, 9.17) is 9.47 Å². The molecule has 132 valence electrons. The molecule has 0 unspecified atom stereocenters. The summed E-state index contributed by atoms with van der Waals surface area (Å²) >= 11 is 0. The minimum absolute atomic E-state index is 0.238. The number of carbonyl (C=O) groups is 2. The summed E-state index contributed by atoms with van der Waals surface area (Å²) in [5.74, 6) is -2.61. The van der Waals surface area contributed by atoms with Crippen LogP contribution in [0.15, 0.2) is 24.3 Å². The number of aliphatic hydroxyl groups is 1. The number of carbonyl (C=O) groups excluding carboxylic acids is 2. The van der Waals surface area contributed by atoms with E-state index < -0.39 is 29.8 Å². The van der Waals surface area contributed by atoms with Crippen molar-refractivity contribution in [2.75, 3.05) is 13.2 Å². The summed E-state index contributed by atoms with van der Waals surface area (Å²) < 4.78 is 10.4. The summed E-state index contributed by atoms with van der Waals surface area (Å²) in [6.45, 7) is 5.93. The van der Waals surface area contributed by atoms with E-state index >= 15 is 0 Å². The monoisotopic (exact) mass is 334 g/mol. The van der Waals surface area contributed by atoms with Crippen molar-refractivity contribution in [3.05, 3.63) is 35.4 Å². The van der Waals surface area contributed by atoms with Crippen LogP contribution in [0.25, 0.3) is 0 Å². The molecule has 4 atom stereocenters. The number of rotatable bonds is 5. The number of benzene rings is 1. The van der Waals surface area contributed by atoms with Crippen molar-refractivity contribution in [3.8, 4) is 0 Å². The number of esters is 2. The fraction of sp³-hybridized carbons (Fsp3) is 0.579. The molecule has 5 nitrogen and oxygen atoms in total. The molecule has 0 heterocycles. The van der Waals surface area contributed by atoms with Crippen LogP contribution in [-0.2, 0) is 19.1 Å². The molecule has 1 fully saturated rings. The molecule has 1 N–H and O–H groups in total. The van der Waals surface area contributed by atoms with Crippen LogP contribution in [0.3, 0.4) is 0 Å². The second kappa shape index (κ2) is 8.29. The maximum absolute atomic E-state index is 12.6. The second-order valence-corrected chi connectivity index (χ2v) is 6.16. The van der Waals surface area contributed by atoms with Gasteiger partial charge in [-0.1, -0.05) is 24.3 Å². The maximum Gasteiger partial charge on any atom is 0.310 e. The third-order valence-corrected chi connectivity index (χ3v) is 4.70. The Kier molecular flexibility index (Phi) is 6.37. The first-order valence-corrected chi connectivity index (χ1v) is 8.58. The molecule has 24 heavy (non-hydrogen) atoms. The number of hydrogen-bond acceptors (Lipinski definition) is 5. The van der Waals surface area contributed by atoms with Gasteiger partial charge < -0.3 is 14.6 Å². The number of ether oxygens (including phenoxy) is 2. The van der Waals surface area contributed by atoms with Crippen LogP contribution in [0.4, 0.5) is 0 Å². The van der Waals surface area contributed by atoms with Crippen molar-refractivity contribution in [3.63, 3.8) is 0 Å². The van der Waals surface area contributed by atoms with Gasteiger partial charge in [0.1, 0.15) is 0 Å². The van der Waals surface area contributed by atoms with Crippen molar-refractivity contribution in [2.24, 2.45) is 11.8 Å². The van der Waals surface area contributed by atoms with Crippen LogP contribution in [0.2, 0.25) is 0 Å². The summed E-state index contributed by atoms with van der Waals surface area (Å²) in [7, 11) is 0. The van der Waals surface area contributed by atoms with E-state index in [-0.39, 0.29) is 19.2 Å². The lowest BCUT2D eigenvalue weighted by molar-refractivity contribution is -0.166. The lowest BCUT2D eigenvalue weighted by atomic mass is 9.67. The third kappa shape index (κ3) is 3.78. The number of hydrogen-bond donors (Lipinski definition) is 1. The quantitative estimate of drug-likeness (QED) is 0.838. The molecule has 1 aliphatic rings. The van der Waals surface area contributed by atoms with Gasteiger partial charge >= 0.3 is 11.9 Å². The minimum atomic E-state index is -0.728. The average molecular weight is 334 g/mol. The Morgan fingerprint density at radius 3 is 2.33 bits per heavy atom. The summed E-state index contributed by atoms with van der Waals surface area (Å²) in [4.78, 5) is 25.0. The summed E-state index contributed by atoms with van der Waals surface area (Å²) in [6.07, 6.45) is 0.190. The summed E-state index contributed by atoms with van der Waals surface area (Å²) in [5.41, 5.74) is 1.87. The predicted molar refractivity (Wildman–Crippen MR) is 89.4 cm³/mol. The molecular weight excluding hydrogens is 308 g/mol. The smallest absolute Gasteiger partial charge is 0.310 e. The molecule has 0 spiro atoms. The van der Waals surface area contributed by atoms with Crippen molar-refractivity contribution < 1.29 is 24.2 Å². The van der Waals surface area contributed by atoms with E-state index in [1.165, 1.54) is 0 Å². The summed E-state index contributed by atoms with van der Waals surface area (Å²) in [6, 6.07) is 7.64. The Morgan fingerprint density at radius 1 is 1.08 bits per heavy atom. The van der Waals surface area contributed by atoms with Gasteiger partial charge in [-0.3, -0.25) is 9.59 Å². The van der Waals surface area contributed by atoms with Gasteiger partial charge in [0.25, 0.3) is 0 Å². The number of aryl methyl sites for hydroxylation is 1. The van der Waals surface area contributed by atoms with Crippen LogP contribution >= 0.6 is 0 Å². The highest BCUT2D eigenvalue weighted by atomic mass is 16.5. The standard InChI is InChI=1S/C19H26O5/c1-4-23-18(21)14-10-11-15(20)16(17(14)19(22)24-5-2)13-9-7-6-8-12(13)3/h6-9,14-17,20H,4-5,10-11H2,1-3H3/t14-,15-,16+,17-/m0/s1. The molecule has 0 aromatic heterocycles. The van der Waals surface area contributed by atoms with Crippen molar-refractivity contribution in [2.45, 2.75) is 45.6 Å². The molecule has 5 heteroatoms. The first-order chi connectivity index (χ1) is 11.5. The van der Waals surface area contributed by atoms with Crippen molar-refractivity contribution in [1.29, 1.82) is 0 Å². The lowest BCUT2D eigenvalue weighted by Crippen LogP contribution is -2.45. The highest BCUT2D eigenvalue weighted by Crippen LogP contribution is 2.43.